The fourth-order valence-corrected chi connectivity index (χ4v) is 7.21. The third-order valence-electron chi connectivity index (χ3n) is 10.8. The summed E-state index contributed by atoms with van der Waals surface area (Å²) in [5.41, 5.74) is 0.309. The fourth-order valence-electron chi connectivity index (χ4n) is 7.21. The molecule has 0 spiro atoms. The van der Waals surface area contributed by atoms with Crippen LogP contribution in [0.3, 0.4) is 0 Å². The second kappa shape index (κ2) is 29.2. The Bertz CT molecular complexity index is 915. The maximum atomic E-state index is 11.8. The Hall–Kier alpha value is -1.15. The highest BCUT2D eigenvalue weighted by Crippen LogP contribution is 2.32. The standard InChI is InChI=1S/C41H76O11/c1-2-3-4-5-6-7-8-9-10-11-12-13-14-15-16-17-18-19-20-21-22-23-24-25-31(40(48)49)26-27-32(43)28-34-39(51-34)33(44)30-50-41-38(47)37(46)36(45)35(29-42)52-41/h25,32-39,41-47H,2-24,26-30H2,1H3,(H,48,49)/b31-25-/t32-,33+,34-,35+,36+,37-,38+,39-,41+/m0/s1. The number of unbranched alkanes of at least 4 members (excludes halogenated alkanes) is 22. The number of rotatable bonds is 34. The molecule has 0 amide bonds. The lowest BCUT2D eigenvalue weighted by Gasteiger charge is -2.39. The molecule has 0 aromatic heterocycles. The van der Waals surface area contributed by atoms with E-state index in [9.17, 15) is 40.5 Å². The molecule has 0 radical (unpaired) electrons. The van der Waals surface area contributed by atoms with Crippen molar-refractivity contribution >= 4 is 5.97 Å². The van der Waals surface area contributed by atoms with E-state index in [1.165, 1.54) is 128 Å². The number of aliphatic hydroxyl groups excluding tert-OH is 6. The maximum absolute atomic E-state index is 11.8. The van der Waals surface area contributed by atoms with E-state index in [0.29, 0.717) is 12.0 Å². The second-order valence-electron chi connectivity index (χ2n) is 15.4. The molecule has 0 bridgehead atoms. The monoisotopic (exact) mass is 745 g/mol. The first-order chi connectivity index (χ1) is 25.2. The smallest absolute Gasteiger partial charge is 0.331 e. The first kappa shape index (κ1) is 47.0. The topological polar surface area (TPSA) is 190 Å². The minimum Gasteiger partial charge on any atom is -0.478 e. The van der Waals surface area contributed by atoms with E-state index in [-0.39, 0.29) is 25.9 Å². The number of allylic oxidation sites excluding steroid dienone is 1. The molecule has 0 aromatic carbocycles. The first-order valence-corrected chi connectivity index (χ1v) is 21.1. The molecule has 11 nitrogen and oxygen atoms in total. The summed E-state index contributed by atoms with van der Waals surface area (Å²) in [5.74, 6) is -0.965. The van der Waals surface area contributed by atoms with Crippen LogP contribution in [0.15, 0.2) is 11.6 Å². The van der Waals surface area contributed by atoms with Gasteiger partial charge in [-0.25, -0.2) is 4.79 Å². The molecule has 2 heterocycles. The average molecular weight is 745 g/mol. The third-order valence-corrected chi connectivity index (χ3v) is 10.8. The van der Waals surface area contributed by atoms with E-state index in [2.05, 4.69) is 6.92 Å². The summed E-state index contributed by atoms with van der Waals surface area (Å²) < 4.78 is 16.1. The molecular weight excluding hydrogens is 668 g/mol. The Labute approximate surface area is 314 Å². The minimum absolute atomic E-state index is 0.230. The van der Waals surface area contributed by atoms with E-state index in [1.54, 1.807) is 6.08 Å². The molecule has 2 saturated heterocycles. The fraction of sp³-hybridized carbons (Fsp3) is 0.927. The van der Waals surface area contributed by atoms with Gasteiger partial charge in [-0.3, -0.25) is 0 Å². The van der Waals surface area contributed by atoms with Gasteiger partial charge in [-0.15, -0.1) is 0 Å². The van der Waals surface area contributed by atoms with Crippen molar-refractivity contribution in [2.24, 2.45) is 0 Å². The number of carboxylic acid groups (broad SMARTS) is 1. The number of carboxylic acids is 1. The van der Waals surface area contributed by atoms with Crippen LogP contribution in [0.2, 0.25) is 0 Å². The Morgan fingerprint density at radius 2 is 1.15 bits per heavy atom. The van der Waals surface area contributed by atoms with Gasteiger partial charge in [0.05, 0.1) is 25.4 Å². The third kappa shape index (κ3) is 20.5. The van der Waals surface area contributed by atoms with Gasteiger partial charge < -0.3 is 50.0 Å². The van der Waals surface area contributed by atoms with Gasteiger partial charge in [0.25, 0.3) is 0 Å². The largest absolute Gasteiger partial charge is 0.478 e. The minimum atomic E-state index is -1.58. The average Bonchev–Trinajstić information content (AvgIpc) is 3.90. The SMILES string of the molecule is CCCCCCCCCCCCCCCCCCCCCCCC/C=C(/CC[C@H](O)C[C@@H]1O[C@H]1[C@H](O)CO[C@@H]1O[C@H](CO)[C@@H](O)[C@H](O)[C@H]1O)C(=O)O. The van der Waals surface area contributed by atoms with Crippen LogP contribution >= 0.6 is 0 Å². The summed E-state index contributed by atoms with van der Waals surface area (Å²) in [6.45, 7) is 1.39. The first-order valence-electron chi connectivity index (χ1n) is 21.1. The molecule has 306 valence electrons. The van der Waals surface area contributed by atoms with Crippen LogP contribution in [0.1, 0.15) is 174 Å². The molecule has 9 atom stereocenters. The van der Waals surface area contributed by atoms with Crippen molar-refractivity contribution in [2.45, 2.75) is 229 Å². The molecule has 2 fully saturated rings. The highest BCUT2D eigenvalue weighted by atomic mass is 16.7. The quantitative estimate of drug-likeness (QED) is 0.0217. The lowest BCUT2D eigenvalue weighted by Crippen LogP contribution is -2.59. The number of ether oxygens (including phenoxy) is 3. The highest BCUT2D eigenvalue weighted by Gasteiger charge is 2.47. The number of aliphatic carboxylic acids is 1. The summed E-state index contributed by atoms with van der Waals surface area (Å²) in [7, 11) is 0. The number of epoxide rings is 1. The van der Waals surface area contributed by atoms with Crippen LogP contribution in [0.4, 0.5) is 0 Å². The zero-order chi connectivity index (χ0) is 38.0. The lowest BCUT2D eigenvalue weighted by atomic mass is 9.99. The molecule has 2 aliphatic heterocycles. The number of hydrogen-bond donors (Lipinski definition) is 7. The molecule has 2 rings (SSSR count). The van der Waals surface area contributed by atoms with Gasteiger partial charge in [0.2, 0.25) is 0 Å². The van der Waals surface area contributed by atoms with Gasteiger partial charge in [-0.1, -0.05) is 148 Å². The van der Waals surface area contributed by atoms with Gasteiger partial charge in [0.15, 0.2) is 6.29 Å². The van der Waals surface area contributed by atoms with Gasteiger partial charge in [-0.2, -0.15) is 0 Å². The molecule has 0 saturated carbocycles. The van der Waals surface area contributed by atoms with Gasteiger partial charge >= 0.3 is 5.97 Å². The molecule has 52 heavy (non-hydrogen) atoms. The van der Waals surface area contributed by atoms with Crippen molar-refractivity contribution in [3.05, 3.63) is 11.6 Å². The highest BCUT2D eigenvalue weighted by molar-refractivity contribution is 5.86. The van der Waals surface area contributed by atoms with Crippen LogP contribution in [0, 0.1) is 0 Å². The van der Waals surface area contributed by atoms with Crippen LogP contribution in [0.5, 0.6) is 0 Å². The number of aliphatic hydroxyl groups is 6. The Balaban J connectivity index is 1.41. The molecular formula is C41H76O11. The van der Waals surface area contributed by atoms with Gasteiger partial charge in [0.1, 0.15) is 36.6 Å². The summed E-state index contributed by atoms with van der Waals surface area (Å²) in [5, 5.41) is 69.6. The van der Waals surface area contributed by atoms with Crippen molar-refractivity contribution in [3.63, 3.8) is 0 Å². The Kier molecular flexibility index (Phi) is 26.4. The van der Waals surface area contributed by atoms with Crippen LogP contribution in [-0.4, -0.2) is 110 Å². The molecule has 0 aliphatic carbocycles. The van der Waals surface area contributed by atoms with Gasteiger partial charge in [-0.05, 0) is 25.7 Å². The zero-order valence-corrected chi connectivity index (χ0v) is 32.3. The van der Waals surface area contributed by atoms with E-state index in [0.717, 1.165) is 12.8 Å². The van der Waals surface area contributed by atoms with Crippen molar-refractivity contribution in [3.8, 4) is 0 Å². The number of carbonyl (C=O) groups is 1. The van der Waals surface area contributed by atoms with Crippen molar-refractivity contribution in [1.82, 2.24) is 0 Å². The predicted octanol–water partition coefficient (Wildman–Crippen LogP) is 6.47. The second-order valence-corrected chi connectivity index (χ2v) is 15.4. The summed E-state index contributed by atoms with van der Waals surface area (Å²) in [6, 6.07) is 0. The van der Waals surface area contributed by atoms with Crippen LogP contribution in [0.25, 0.3) is 0 Å². The predicted molar refractivity (Wildman–Crippen MR) is 202 cm³/mol. The molecule has 0 aromatic rings. The van der Waals surface area contributed by atoms with Crippen LogP contribution in [-0.2, 0) is 19.0 Å². The molecule has 11 heteroatoms. The Morgan fingerprint density at radius 1 is 0.673 bits per heavy atom. The Morgan fingerprint density at radius 3 is 1.62 bits per heavy atom. The van der Waals surface area contributed by atoms with Gasteiger partial charge in [0, 0.05) is 12.0 Å². The van der Waals surface area contributed by atoms with E-state index >= 15 is 0 Å². The summed E-state index contributed by atoms with van der Waals surface area (Å²) in [4.78, 5) is 11.8. The number of hydrogen-bond acceptors (Lipinski definition) is 10. The molecule has 0 unspecified atom stereocenters. The maximum Gasteiger partial charge on any atom is 0.331 e. The van der Waals surface area contributed by atoms with Crippen molar-refractivity contribution < 1.29 is 54.8 Å². The van der Waals surface area contributed by atoms with Crippen molar-refractivity contribution in [1.29, 1.82) is 0 Å². The molecule has 2 aliphatic rings. The lowest BCUT2D eigenvalue weighted by molar-refractivity contribution is -0.304. The summed E-state index contributed by atoms with van der Waals surface area (Å²) in [6.07, 6.45) is 22.6. The van der Waals surface area contributed by atoms with E-state index in [4.69, 9.17) is 14.2 Å². The van der Waals surface area contributed by atoms with Crippen LogP contribution < -0.4 is 0 Å². The normalized spacial score (nSPS) is 26.1. The zero-order valence-electron chi connectivity index (χ0n) is 32.3. The van der Waals surface area contributed by atoms with Crippen molar-refractivity contribution in [2.75, 3.05) is 13.2 Å². The van der Waals surface area contributed by atoms with E-state index < -0.39 is 67.7 Å². The summed E-state index contributed by atoms with van der Waals surface area (Å²) >= 11 is 0. The van der Waals surface area contributed by atoms with E-state index in [1.807, 2.05) is 0 Å². The molecule has 7 N–H and O–H groups in total.